The minimum Gasteiger partial charge on any atom is -0.756 e. The minimum absolute atomic E-state index is 0.0271. The zero-order chi connectivity index (χ0) is 59.4. The van der Waals surface area contributed by atoms with E-state index in [2.05, 4.69) is 40.3 Å². The first kappa shape index (κ1) is 68.4. The van der Waals surface area contributed by atoms with Crippen LogP contribution in [0.3, 0.4) is 0 Å². The molecular weight excluding hydrogens is 1080 g/mol. The van der Waals surface area contributed by atoms with Crippen LogP contribution in [0.25, 0.3) is 16.7 Å². The number of hydrazine groups is 1. The summed E-state index contributed by atoms with van der Waals surface area (Å²) in [6.07, 6.45) is 31.1. The van der Waals surface area contributed by atoms with Gasteiger partial charge in [0.15, 0.2) is 11.8 Å². The van der Waals surface area contributed by atoms with Gasteiger partial charge >= 0.3 is 23.6 Å². The number of urea groups is 1. The molecule has 2 atom stereocenters. The number of esters is 2. The van der Waals surface area contributed by atoms with Crippen LogP contribution in [-0.2, 0) is 39.2 Å². The molecule has 4 rings (SSSR count). The molecule has 2 unspecified atom stereocenters. The molecule has 0 aliphatic carbocycles. The van der Waals surface area contributed by atoms with Crippen LogP contribution in [0, 0.1) is 10.1 Å². The topological polar surface area (TPSA) is 285 Å². The predicted octanol–water partition coefficient (Wildman–Crippen LogP) is 12.2. The van der Waals surface area contributed by atoms with Gasteiger partial charge in [-0.3, -0.25) is 34.5 Å². The summed E-state index contributed by atoms with van der Waals surface area (Å²) in [6.45, 7) is 3.65. The van der Waals surface area contributed by atoms with Crippen molar-refractivity contribution in [3.8, 4) is 5.69 Å². The van der Waals surface area contributed by atoms with Gasteiger partial charge in [0.2, 0.25) is 0 Å². The molecule has 22 nitrogen and oxygen atoms in total. The van der Waals surface area contributed by atoms with E-state index in [1.54, 1.807) is 0 Å². The maximum atomic E-state index is 13.2. The summed E-state index contributed by atoms with van der Waals surface area (Å²) in [5.74, 6) is -1.70. The Morgan fingerprint density at radius 2 is 1.24 bits per heavy atom. The third-order valence-corrected chi connectivity index (χ3v) is 15.0. The van der Waals surface area contributed by atoms with Crippen LogP contribution in [0.15, 0.2) is 63.9 Å². The predicted molar refractivity (Wildman–Crippen MR) is 312 cm³/mol. The average molecular weight is 1170 g/mol. The number of benzene rings is 2. The average Bonchev–Trinajstić information content (AvgIpc) is 3.99. The molecule has 0 saturated heterocycles. The van der Waals surface area contributed by atoms with Crippen molar-refractivity contribution in [2.75, 3.05) is 45.8 Å². The van der Waals surface area contributed by atoms with E-state index in [-0.39, 0.29) is 71.8 Å². The van der Waals surface area contributed by atoms with E-state index >= 15 is 0 Å². The van der Waals surface area contributed by atoms with Gasteiger partial charge in [-0.2, -0.15) is 0 Å². The number of fused-ring (bicyclic) bond motifs is 1. The van der Waals surface area contributed by atoms with E-state index in [0.29, 0.717) is 23.9 Å². The molecule has 0 radical (unpaired) electrons. The molecule has 3 N–H and O–H groups in total. The second kappa shape index (κ2) is 38.7. The van der Waals surface area contributed by atoms with Crippen LogP contribution in [0.1, 0.15) is 210 Å². The van der Waals surface area contributed by atoms with Gasteiger partial charge in [-0.1, -0.05) is 179 Å². The smallest absolute Gasteiger partial charge is 0.362 e. The molecule has 0 fully saturated rings. The number of hydrogen-bond donors (Lipinski definition) is 3. The van der Waals surface area contributed by atoms with E-state index < -0.39 is 55.0 Å². The van der Waals surface area contributed by atoms with E-state index in [1.807, 2.05) is 14.1 Å². The highest BCUT2D eigenvalue weighted by molar-refractivity contribution is 7.45. The van der Waals surface area contributed by atoms with Crippen molar-refractivity contribution in [1.82, 2.24) is 25.8 Å². The zero-order valence-electron chi connectivity index (χ0n) is 49.0. The van der Waals surface area contributed by atoms with Crippen LogP contribution >= 0.6 is 7.82 Å². The number of unbranched alkanes of at least 4 members (excludes halogenated alkanes) is 24. The van der Waals surface area contributed by atoms with Crippen LogP contribution in [0.5, 0.6) is 0 Å². The van der Waals surface area contributed by atoms with Crippen molar-refractivity contribution >= 4 is 54.0 Å². The van der Waals surface area contributed by atoms with Crippen molar-refractivity contribution in [2.24, 2.45) is 0 Å². The Morgan fingerprint density at radius 3 is 1.79 bits per heavy atom. The number of likely N-dealkylation sites (N-methyl/N-ethyl adjacent to an activating group) is 1. The summed E-state index contributed by atoms with van der Waals surface area (Å²) in [5.41, 5.74) is 4.33. The van der Waals surface area contributed by atoms with E-state index in [0.717, 1.165) is 38.5 Å². The molecule has 4 aromatic rings. The fourth-order valence-corrected chi connectivity index (χ4v) is 9.96. The molecule has 0 aliphatic heterocycles. The minimum atomic E-state index is -4.92. The molecular formula is C59H91N8O14P. The lowest BCUT2D eigenvalue weighted by Gasteiger charge is -2.30. The molecule has 2 aromatic carbocycles. The number of non-ortho nitro benzene ring substituents is 1. The van der Waals surface area contributed by atoms with Gasteiger partial charge in [0.25, 0.3) is 19.4 Å². The Kier molecular flexibility index (Phi) is 32.3. The lowest BCUT2D eigenvalue weighted by atomic mass is 10.0. The SMILES string of the molecule is CCCCCCCCCCCCCCCC(=O)OCC(COP(=O)([O-])OCC[N+](C)(C)Cc1cn(-c2cc3ccc(C(=O)NNC(=O)Nc4ccc([N+](=O)[O-])cc4)cc3oc2=O)nn1)OC(=O)CCCCCCCCCCCCCCC. The molecule has 0 bridgehead atoms. The number of nitro benzene ring substituents is 1. The largest absolute Gasteiger partial charge is 0.756 e. The number of carbonyl (C=O) groups excluding carboxylic acids is 4. The first-order valence-corrected chi connectivity index (χ1v) is 31.3. The highest BCUT2D eigenvalue weighted by Gasteiger charge is 2.24. The summed E-state index contributed by atoms with van der Waals surface area (Å²) < 4.78 is 41.5. The Balaban J connectivity index is 1.21. The van der Waals surface area contributed by atoms with Gasteiger partial charge in [0.1, 0.15) is 37.6 Å². The number of nitro groups is 1. The monoisotopic (exact) mass is 1170 g/mol. The van der Waals surface area contributed by atoms with E-state index in [4.69, 9.17) is 22.9 Å². The van der Waals surface area contributed by atoms with Gasteiger partial charge in [-0.15, -0.1) is 5.10 Å². The maximum Gasteiger partial charge on any atom is 0.362 e. The second-order valence-electron chi connectivity index (χ2n) is 21.8. The number of anilines is 1. The van der Waals surface area contributed by atoms with Crippen LogP contribution in [-0.4, -0.2) is 94.8 Å². The Labute approximate surface area is 483 Å². The summed E-state index contributed by atoms with van der Waals surface area (Å²) in [4.78, 5) is 87.3. The normalized spacial score (nSPS) is 12.6. The third-order valence-electron chi connectivity index (χ3n) is 14.0. The van der Waals surface area contributed by atoms with Gasteiger partial charge in [-0.05, 0) is 43.2 Å². The maximum absolute atomic E-state index is 13.2. The molecule has 3 amide bonds. The molecule has 0 saturated carbocycles. The number of hydrogen-bond acceptors (Lipinski definition) is 16. The van der Waals surface area contributed by atoms with E-state index in [9.17, 15) is 43.5 Å². The zero-order valence-corrected chi connectivity index (χ0v) is 49.9. The Hall–Kier alpha value is -6.06. The van der Waals surface area contributed by atoms with Gasteiger partial charge in [0.05, 0.1) is 31.8 Å². The number of aromatic nitrogens is 3. The number of phosphoric acid groups is 1. The van der Waals surface area contributed by atoms with Crippen LogP contribution < -0.4 is 26.7 Å². The highest BCUT2D eigenvalue weighted by atomic mass is 31.2. The number of phosphoric ester groups is 1. The molecule has 82 heavy (non-hydrogen) atoms. The highest BCUT2D eigenvalue weighted by Crippen LogP contribution is 2.38. The second-order valence-corrected chi connectivity index (χ2v) is 23.2. The van der Waals surface area contributed by atoms with Crippen molar-refractivity contribution in [3.05, 3.63) is 86.5 Å². The molecule has 2 heterocycles. The Bertz CT molecular complexity index is 2650. The fraction of sp³-hybridized carbons (Fsp3) is 0.644. The number of nitrogens with zero attached hydrogens (tertiary/aromatic N) is 5. The number of amides is 3. The van der Waals surface area contributed by atoms with Crippen molar-refractivity contribution in [1.29, 1.82) is 0 Å². The lowest BCUT2D eigenvalue weighted by Crippen LogP contribution is -2.43. The third kappa shape index (κ3) is 28.8. The van der Waals surface area contributed by atoms with Crippen molar-refractivity contribution in [3.63, 3.8) is 0 Å². The molecule has 23 heteroatoms. The van der Waals surface area contributed by atoms with Crippen LogP contribution in [0.2, 0.25) is 0 Å². The number of rotatable bonds is 44. The van der Waals surface area contributed by atoms with Crippen molar-refractivity contribution in [2.45, 2.75) is 206 Å². The number of quaternary nitrogens is 1. The number of ether oxygens (including phenoxy) is 2. The summed E-state index contributed by atoms with van der Waals surface area (Å²) in [6, 6.07) is 10.1. The molecule has 456 valence electrons. The van der Waals surface area contributed by atoms with Crippen molar-refractivity contribution < 1.29 is 61.0 Å². The first-order valence-electron chi connectivity index (χ1n) is 29.9. The molecule has 0 aliphatic rings. The standard InChI is InChI=1S/C59H91N8O14P/c1-5-7-9-11-13-15-17-19-21-23-25-27-29-31-55(68)77-45-52(80-56(69)32-30-28-26-24-22-20-18-16-14-12-10-8-6-2)46-79-82(75,76)78-40-39-67(3,4)44-50-43-65(64-61-50)53-41-47-33-34-48(42-54(47)81-58(53)71)57(70)62-63-59(72)60-49-35-37-51(38-36-49)66(73)74/h33-38,41-43,52H,5-32,39-40,44-46H2,1-4H3,(H3-,60,61,62,63,64,70,71,72,75,76). The molecule has 2 aromatic heterocycles. The first-order chi connectivity index (χ1) is 39.5. The summed E-state index contributed by atoms with van der Waals surface area (Å²) in [7, 11) is -1.29. The van der Waals surface area contributed by atoms with Gasteiger partial charge < -0.3 is 37.6 Å². The summed E-state index contributed by atoms with van der Waals surface area (Å²) >= 11 is 0. The lowest BCUT2D eigenvalue weighted by molar-refractivity contribution is -0.904. The quantitative estimate of drug-likeness (QED) is 0.00705. The van der Waals surface area contributed by atoms with E-state index in [1.165, 1.54) is 175 Å². The van der Waals surface area contributed by atoms with Gasteiger partial charge in [0, 0.05) is 41.6 Å². The number of carbonyl (C=O) groups is 4. The number of nitrogens with one attached hydrogen (secondary N) is 3. The van der Waals surface area contributed by atoms with Gasteiger partial charge in [-0.25, -0.2) is 19.7 Å². The molecule has 0 spiro atoms. The summed E-state index contributed by atoms with van der Waals surface area (Å²) in [5, 5.41) is 22.1. The Morgan fingerprint density at radius 1 is 0.707 bits per heavy atom. The fourth-order valence-electron chi connectivity index (χ4n) is 9.23. The van der Waals surface area contributed by atoms with Crippen LogP contribution in [0.4, 0.5) is 16.2 Å².